The van der Waals surface area contributed by atoms with Gasteiger partial charge in [-0.2, -0.15) is 0 Å². The van der Waals surface area contributed by atoms with E-state index in [1.165, 1.54) is 0 Å². The number of aliphatic hydroxyl groups is 1. The number of aliphatic hydroxyl groups excluding tert-OH is 1. The first kappa shape index (κ1) is 15.0. The monoisotopic (exact) mass is 354 g/mol. The second-order valence-electron chi connectivity index (χ2n) is 7.46. The third-order valence-corrected chi connectivity index (χ3v) is 6.46. The number of rotatable bonds is 4. The number of hydrogen-bond acceptors (Lipinski definition) is 7. The van der Waals surface area contributed by atoms with Crippen molar-refractivity contribution < 1.29 is 10.2 Å². The first-order chi connectivity index (χ1) is 12.0. The average Bonchev–Trinajstić information content (AvgIpc) is 3.00. The maximum Gasteiger partial charge on any atom is 0.243 e. The Morgan fingerprint density at radius 3 is 2.72 bits per heavy atom. The van der Waals surface area contributed by atoms with Gasteiger partial charge >= 0.3 is 0 Å². The molecular formula is C18H18N4O2S. The highest BCUT2D eigenvalue weighted by molar-refractivity contribution is 7.17. The molecule has 128 valence electrons. The fourth-order valence-corrected chi connectivity index (χ4v) is 5.25. The first-order valence-corrected chi connectivity index (χ1v) is 9.21. The van der Waals surface area contributed by atoms with Crippen molar-refractivity contribution in [2.45, 2.75) is 31.7 Å². The third kappa shape index (κ3) is 2.09. The predicted octanol–water partition coefficient (Wildman–Crippen LogP) is 3.09. The second-order valence-corrected chi connectivity index (χ2v) is 8.41. The van der Waals surface area contributed by atoms with Gasteiger partial charge in [-0.05, 0) is 49.8 Å². The number of nitrogens with one attached hydrogen (secondary N) is 1. The summed E-state index contributed by atoms with van der Waals surface area (Å²) in [5.74, 6) is 0.742. The van der Waals surface area contributed by atoms with Gasteiger partial charge in [0.2, 0.25) is 5.95 Å². The third-order valence-electron chi connectivity index (χ3n) is 5.58. The Morgan fingerprint density at radius 2 is 2.00 bits per heavy atom. The maximum absolute atomic E-state index is 10.6. The highest BCUT2D eigenvalue weighted by Gasteiger charge is 2.67. The molecule has 7 heteroatoms. The lowest BCUT2D eigenvalue weighted by Crippen LogP contribution is -2.72. The number of nitrogens with zero attached hydrogens (tertiary/aromatic N) is 3. The topological polar surface area (TPSA) is 91.2 Å². The summed E-state index contributed by atoms with van der Waals surface area (Å²) >= 11 is 1.59. The fraction of sp³-hybridized carbons (Fsp3) is 0.389. The number of aromatic hydroxyl groups is 1. The molecule has 3 saturated carbocycles. The molecule has 3 aromatic rings. The number of hydrogen-bond donors (Lipinski definition) is 3. The normalized spacial score (nSPS) is 27.0. The van der Waals surface area contributed by atoms with Crippen LogP contribution in [0, 0.1) is 12.3 Å². The van der Waals surface area contributed by atoms with Gasteiger partial charge in [-0.15, -0.1) is 21.5 Å². The summed E-state index contributed by atoms with van der Waals surface area (Å²) in [5, 5.41) is 34.6. The van der Waals surface area contributed by atoms with Crippen molar-refractivity contribution >= 4 is 27.4 Å². The zero-order chi connectivity index (χ0) is 17.2. The standard InChI is InChI=1S/C18H18N4O2S/c1-10-14(12-2-3-13-11(15(12)24)4-5-25-13)21-22-16(19-10)20-18-6-17(7-18,8-18)9-23/h2-5,23-24H,6-9H2,1H3,(H,19,20,22). The van der Waals surface area contributed by atoms with E-state index in [0.717, 1.165) is 35.0 Å². The molecule has 0 saturated heterocycles. The average molecular weight is 354 g/mol. The van der Waals surface area contributed by atoms with Gasteiger partial charge in [0.15, 0.2) is 0 Å². The van der Waals surface area contributed by atoms with E-state index in [9.17, 15) is 10.2 Å². The molecule has 6 rings (SSSR count). The van der Waals surface area contributed by atoms with Gasteiger partial charge in [0, 0.05) is 33.2 Å². The predicted molar refractivity (Wildman–Crippen MR) is 96.8 cm³/mol. The van der Waals surface area contributed by atoms with Crippen molar-refractivity contribution in [2.24, 2.45) is 5.41 Å². The molecule has 0 unspecified atom stereocenters. The smallest absolute Gasteiger partial charge is 0.243 e. The van der Waals surface area contributed by atoms with Gasteiger partial charge in [-0.1, -0.05) is 0 Å². The molecule has 2 bridgehead atoms. The van der Waals surface area contributed by atoms with Gasteiger partial charge < -0.3 is 15.5 Å². The Bertz CT molecular complexity index is 980. The van der Waals surface area contributed by atoms with E-state index in [2.05, 4.69) is 20.5 Å². The highest BCUT2D eigenvalue weighted by Crippen LogP contribution is 2.67. The lowest BCUT2D eigenvalue weighted by molar-refractivity contribution is -0.146. The van der Waals surface area contributed by atoms with Crippen LogP contribution in [0.4, 0.5) is 5.95 Å². The van der Waals surface area contributed by atoms with Gasteiger partial charge in [0.1, 0.15) is 11.4 Å². The summed E-state index contributed by atoms with van der Waals surface area (Å²) in [5.41, 5.74) is 2.15. The van der Waals surface area contributed by atoms with E-state index in [4.69, 9.17) is 0 Å². The van der Waals surface area contributed by atoms with Crippen LogP contribution >= 0.6 is 11.3 Å². The van der Waals surface area contributed by atoms with Crippen LogP contribution in [-0.4, -0.2) is 37.5 Å². The zero-order valence-corrected chi connectivity index (χ0v) is 14.6. The molecule has 0 radical (unpaired) electrons. The van der Waals surface area contributed by atoms with Crippen LogP contribution in [0.5, 0.6) is 5.75 Å². The Kier molecular flexibility index (Phi) is 2.94. The summed E-state index contributed by atoms with van der Waals surface area (Å²) in [4.78, 5) is 4.54. The molecule has 0 spiro atoms. The van der Waals surface area contributed by atoms with Crippen LogP contribution in [0.15, 0.2) is 23.6 Å². The number of aryl methyl sites for hydroxylation is 1. The molecular weight excluding hydrogens is 336 g/mol. The van der Waals surface area contributed by atoms with Crippen molar-refractivity contribution in [1.82, 2.24) is 15.2 Å². The van der Waals surface area contributed by atoms with Crippen molar-refractivity contribution in [3.63, 3.8) is 0 Å². The Labute approximate surface area is 148 Å². The largest absolute Gasteiger partial charge is 0.507 e. The van der Waals surface area contributed by atoms with Gasteiger partial charge in [-0.3, -0.25) is 0 Å². The lowest BCUT2D eigenvalue weighted by atomic mass is 9.40. The Hall–Kier alpha value is -2.25. The van der Waals surface area contributed by atoms with Crippen LogP contribution in [-0.2, 0) is 0 Å². The van der Waals surface area contributed by atoms with Gasteiger partial charge in [-0.25, -0.2) is 4.98 Å². The summed E-state index contributed by atoms with van der Waals surface area (Å²) in [6.45, 7) is 2.14. The summed E-state index contributed by atoms with van der Waals surface area (Å²) in [7, 11) is 0. The van der Waals surface area contributed by atoms with E-state index in [1.54, 1.807) is 11.3 Å². The van der Waals surface area contributed by atoms with Crippen molar-refractivity contribution in [3.05, 3.63) is 29.3 Å². The van der Waals surface area contributed by atoms with Crippen molar-refractivity contribution in [2.75, 3.05) is 11.9 Å². The van der Waals surface area contributed by atoms with Crippen LogP contribution < -0.4 is 5.32 Å². The number of thiophene rings is 1. The number of phenolic OH excluding ortho intramolecular Hbond substituents is 1. The SMILES string of the molecule is Cc1nc(NC23CC(CO)(C2)C3)nnc1-c1ccc2sccc2c1O. The summed E-state index contributed by atoms with van der Waals surface area (Å²) in [6, 6.07) is 5.76. The van der Waals surface area contributed by atoms with Crippen LogP contribution in [0.3, 0.4) is 0 Å². The van der Waals surface area contributed by atoms with E-state index in [0.29, 0.717) is 17.2 Å². The minimum absolute atomic E-state index is 0.0378. The molecule has 3 aliphatic carbocycles. The molecule has 1 aromatic carbocycles. The Morgan fingerprint density at radius 1 is 1.20 bits per heavy atom. The molecule has 0 aliphatic heterocycles. The number of benzene rings is 1. The number of phenols is 1. The molecule has 3 fully saturated rings. The van der Waals surface area contributed by atoms with E-state index < -0.39 is 0 Å². The van der Waals surface area contributed by atoms with E-state index >= 15 is 0 Å². The van der Waals surface area contributed by atoms with E-state index in [1.807, 2.05) is 30.5 Å². The van der Waals surface area contributed by atoms with Crippen LogP contribution in [0.2, 0.25) is 0 Å². The van der Waals surface area contributed by atoms with Crippen molar-refractivity contribution in [3.8, 4) is 17.0 Å². The first-order valence-electron chi connectivity index (χ1n) is 8.33. The molecule has 2 heterocycles. The Balaban J connectivity index is 1.44. The number of anilines is 1. The van der Waals surface area contributed by atoms with E-state index in [-0.39, 0.29) is 23.3 Å². The fourth-order valence-electron chi connectivity index (χ4n) is 4.46. The summed E-state index contributed by atoms with van der Waals surface area (Å²) in [6.07, 6.45) is 2.91. The lowest BCUT2D eigenvalue weighted by Gasteiger charge is -2.70. The number of fused-ring (bicyclic) bond motifs is 1. The minimum atomic E-state index is 0.0378. The second kappa shape index (κ2) is 4.89. The number of aromatic nitrogens is 3. The maximum atomic E-state index is 10.6. The minimum Gasteiger partial charge on any atom is -0.507 e. The summed E-state index contributed by atoms with van der Waals surface area (Å²) < 4.78 is 1.04. The molecule has 25 heavy (non-hydrogen) atoms. The molecule has 6 nitrogen and oxygen atoms in total. The van der Waals surface area contributed by atoms with Gasteiger partial charge in [0.25, 0.3) is 0 Å². The van der Waals surface area contributed by atoms with Crippen LogP contribution in [0.25, 0.3) is 21.3 Å². The molecule has 0 atom stereocenters. The molecule has 3 N–H and O–H groups in total. The molecule has 2 aromatic heterocycles. The van der Waals surface area contributed by atoms with Gasteiger partial charge in [0.05, 0.1) is 5.69 Å². The molecule has 3 aliphatic rings. The quantitative estimate of drug-likeness (QED) is 0.667. The zero-order valence-electron chi connectivity index (χ0n) is 13.8. The van der Waals surface area contributed by atoms with Crippen LogP contribution in [0.1, 0.15) is 25.0 Å². The molecule has 0 amide bonds. The highest BCUT2D eigenvalue weighted by atomic mass is 32.1. The van der Waals surface area contributed by atoms with Crippen molar-refractivity contribution in [1.29, 1.82) is 0 Å².